The van der Waals surface area contributed by atoms with Gasteiger partial charge in [0.25, 0.3) is 0 Å². The van der Waals surface area contributed by atoms with Crippen molar-refractivity contribution in [1.29, 1.82) is 0 Å². The molecule has 1 aliphatic heterocycles. The number of aliphatic imine (C=N–C) groups is 1. The molecule has 1 aromatic rings. The first-order chi connectivity index (χ1) is 12.5. The first kappa shape index (κ1) is 20.6. The van der Waals surface area contributed by atoms with Gasteiger partial charge in [0.2, 0.25) is 0 Å². The van der Waals surface area contributed by atoms with Gasteiger partial charge in [-0.05, 0) is 31.9 Å². The highest BCUT2D eigenvalue weighted by atomic mass is 32.2. The second-order valence-electron chi connectivity index (χ2n) is 6.51. The zero-order chi connectivity index (χ0) is 19.0. The van der Waals surface area contributed by atoms with Crippen LogP contribution in [0.25, 0.3) is 0 Å². The van der Waals surface area contributed by atoms with Crippen molar-refractivity contribution < 1.29 is 14.2 Å². The first-order valence-corrected chi connectivity index (χ1v) is 9.91. The van der Waals surface area contributed by atoms with Crippen LogP contribution in [0.2, 0.25) is 0 Å². The van der Waals surface area contributed by atoms with E-state index < -0.39 is 0 Å². The highest BCUT2D eigenvalue weighted by Crippen LogP contribution is 2.37. The van der Waals surface area contributed by atoms with Crippen LogP contribution in [0.5, 0.6) is 17.2 Å². The molecule has 1 fully saturated rings. The second kappa shape index (κ2) is 9.80. The zero-order valence-electron chi connectivity index (χ0n) is 16.5. The molecule has 1 atom stereocenters. The Hall–Kier alpha value is -1.76. The molecule has 7 heteroatoms. The van der Waals surface area contributed by atoms with Crippen LogP contribution in [-0.2, 0) is 6.42 Å². The van der Waals surface area contributed by atoms with Gasteiger partial charge in [0.15, 0.2) is 5.96 Å². The molecule has 6 nitrogen and oxygen atoms in total. The summed E-state index contributed by atoms with van der Waals surface area (Å²) in [6, 6.07) is 3.76. The molecule has 1 aliphatic rings. The van der Waals surface area contributed by atoms with Crippen molar-refractivity contribution in [2.75, 3.05) is 47.2 Å². The van der Waals surface area contributed by atoms with Gasteiger partial charge in [-0.15, -0.1) is 0 Å². The van der Waals surface area contributed by atoms with Gasteiger partial charge < -0.3 is 24.8 Å². The molecule has 0 aliphatic carbocycles. The minimum absolute atomic E-state index is 0.306. The molecule has 0 aromatic heterocycles. The zero-order valence-corrected chi connectivity index (χ0v) is 17.3. The number of nitrogens with one attached hydrogen (secondary N) is 2. The maximum absolute atomic E-state index is 5.51. The lowest BCUT2D eigenvalue weighted by Gasteiger charge is -2.24. The van der Waals surface area contributed by atoms with E-state index >= 15 is 0 Å². The summed E-state index contributed by atoms with van der Waals surface area (Å²) in [4.78, 5) is 4.33. The largest absolute Gasteiger partial charge is 0.496 e. The molecule has 0 radical (unpaired) electrons. The Bertz CT molecular complexity index is 591. The lowest BCUT2D eigenvalue weighted by Crippen LogP contribution is -2.44. The minimum Gasteiger partial charge on any atom is -0.496 e. The van der Waals surface area contributed by atoms with Gasteiger partial charge in [-0.2, -0.15) is 11.8 Å². The smallest absolute Gasteiger partial charge is 0.191 e. The summed E-state index contributed by atoms with van der Waals surface area (Å²) in [6.07, 6.45) is 3.30. The summed E-state index contributed by atoms with van der Waals surface area (Å²) in [5.74, 6) is 4.32. The van der Waals surface area contributed by atoms with Gasteiger partial charge in [0, 0.05) is 42.6 Å². The van der Waals surface area contributed by atoms with E-state index in [1.165, 1.54) is 18.6 Å². The normalized spacial score (nSPS) is 20.0. The van der Waals surface area contributed by atoms with Gasteiger partial charge >= 0.3 is 0 Å². The number of ether oxygens (including phenoxy) is 3. The molecule has 2 N–H and O–H groups in total. The number of benzene rings is 1. The lowest BCUT2D eigenvalue weighted by molar-refractivity contribution is 0.368. The molecular formula is C19H31N3O3S. The number of hydrogen-bond donors (Lipinski definition) is 2. The second-order valence-corrected chi connectivity index (χ2v) is 8.20. The number of hydrogen-bond acceptors (Lipinski definition) is 5. The van der Waals surface area contributed by atoms with Crippen LogP contribution >= 0.6 is 11.8 Å². The topological polar surface area (TPSA) is 64.1 Å². The summed E-state index contributed by atoms with van der Waals surface area (Å²) < 4.78 is 16.6. The van der Waals surface area contributed by atoms with Crippen molar-refractivity contribution in [1.82, 2.24) is 10.6 Å². The van der Waals surface area contributed by atoms with Gasteiger partial charge in [-0.1, -0.05) is 0 Å². The Morgan fingerprint density at radius 1 is 1.15 bits per heavy atom. The molecular weight excluding hydrogens is 350 g/mol. The van der Waals surface area contributed by atoms with Gasteiger partial charge in [-0.3, -0.25) is 4.99 Å². The molecule has 0 amide bonds. The Morgan fingerprint density at radius 3 is 2.35 bits per heavy atom. The molecule has 1 saturated heterocycles. The lowest BCUT2D eigenvalue weighted by atomic mass is 10.1. The fourth-order valence-corrected chi connectivity index (χ4v) is 4.34. The number of nitrogens with zero attached hydrogens (tertiary/aromatic N) is 1. The van der Waals surface area contributed by atoms with Crippen molar-refractivity contribution in [3.8, 4) is 17.2 Å². The Kier molecular flexibility index (Phi) is 7.75. The third-order valence-electron chi connectivity index (χ3n) is 4.64. The minimum atomic E-state index is 0.306. The number of guanidine groups is 1. The molecule has 2 rings (SSSR count). The summed E-state index contributed by atoms with van der Waals surface area (Å²) in [6.45, 7) is 3.97. The molecule has 0 spiro atoms. The van der Waals surface area contributed by atoms with E-state index in [0.29, 0.717) is 4.75 Å². The Morgan fingerprint density at radius 2 is 1.85 bits per heavy atom. The van der Waals surface area contributed by atoms with Crippen LogP contribution in [0.3, 0.4) is 0 Å². The van der Waals surface area contributed by atoms with E-state index in [-0.39, 0.29) is 0 Å². The molecule has 26 heavy (non-hydrogen) atoms. The third kappa shape index (κ3) is 5.37. The van der Waals surface area contributed by atoms with E-state index in [0.717, 1.165) is 48.3 Å². The summed E-state index contributed by atoms with van der Waals surface area (Å²) in [7, 11) is 6.75. The van der Waals surface area contributed by atoms with E-state index in [2.05, 4.69) is 22.5 Å². The van der Waals surface area contributed by atoms with Gasteiger partial charge in [-0.25, -0.2) is 0 Å². The standard InChI is InChI=1S/C19H31N3O3S/c1-19(8-6-10-26-19)13-22-18(20-2)21-9-7-15-16(24-4)11-14(23-3)12-17(15)25-5/h11-12H,6-10,13H2,1-5H3,(H2,20,21,22). The van der Waals surface area contributed by atoms with E-state index in [9.17, 15) is 0 Å². The van der Waals surface area contributed by atoms with Crippen LogP contribution in [-0.4, -0.2) is 57.9 Å². The molecule has 1 aromatic carbocycles. The SMILES string of the molecule is CN=C(NCCc1c(OC)cc(OC)cc1OC)NCC1(C)CCCS1. The highest BCUT2D eigenvalue weighted by molar-refractivity contribution is 8.00. The van der Waals surface area contributed by atoms with Crippen molar-refractivity contribution in [3.63, 3.8) is 0 Å². The van der Waals surface area contributed by atoms with E-state index in [4.69, 9.17) is 14.2 Å². The fraction of sp³-hybridized carbons (Fsp3) is 0.632. The van der Waals surface area contributed by atoms with Crippen molar-refractivity contribution in [3.05, 3.63) is 17.7 Å². The Labute approximate surface area is 161 Å². The van der Waals surface area contributed by atoms with Crippen LogP contribution in [0, 0.1) is 0 Å². The molecule has 1 unspecified atom stereocenters. The van der Waals surface area contributed by atoms with Crippen LogP contribution < -0.4 is 24.8 Å². The summed E-state index contributed by atoms with van der Waals surface area (Å²) >= 11 is 2.04. The molecule has 0 saturated carbocycles. The average Bonchev–Trinajstić information content (AvgIpc) is 3.10. The Balaban J connectivity index is 1.93. The van der Waals surface area contributed by atoms with Crippen molar-refractivity contribution >= 4 is 17.7 Å². The van der Waals surface area contributed by atoms with Crippen LogP contribution in [0.1, 0.15) is 25.3 Å². The predicted molar refractivity (Wildman–Crippen MR) is 109 cm³/mol. The number of rotatable bonds is 8. The maximum Gasteiger partial charge on any atom is 0.191 e. The van der Waals surface area contributed by atoms with Crippen LogP contribution in [0.15, 0.2) is 17.1 Å². The quantitative estimate of drug-likeness (QED) is 0.533. The highest BCUT2D eigenvalue weighted by Gasteiger charge is 2.29. The van der Waals surface area contributed by atoms with Crippen molar-refractivity contribution in [2.45, 2.75) is 30.9 Å². The third-order valence-corrected chi connectivity index (χ3v) is 6.18. The number of methoxy groups -OCH3 is 3. The monoisotopic (exact) mass is 381 g/mol. The summed E-state index contributed by atoms with van der Waals surface area (Å²) in [5, 5.41) is 6.83. The van der Waals surface area contributed by atoms with Gasteiger partial charge in [0.1, 0.15) is 17.2 Å². The average molecular weight is 382 g/mol. The van der Waals surface area contributed by atoms with E-state index in [1.807, 2.05) is 23.9 Å². The van der Waals surface area contributed by atoms with Gasteiger partial charge in [0.05, 0.1) is 21.3 Å². The predicted octanol–water partition coefficient (Wildman–Crippen LogP) is 2.71. The first-order valence-electron chi connectivity index (χ1n) is 8.92. The molecule has 146 valence electrons. The van der Waals surface area contributed by atoms with Crippen LogP contribution in [0.4, 0.5) is 0 Å². The fourth-order valence-electron chi connectivity index (χ4n) is 3.10. The number of thioether (sulfide) groups is 1. The van der Waals surface area contributed by atoms with E-state index in [1.54, 1.807) is 28.4 Å². The van der Waals surface area contributed by atoms with Crippen molar-refractivity contribution in [2.24, 2.45) is 4.99 Å². The molecule has 1 heterocycles. The maximum atomic E-state index is 5.51. The molecule has 0 bridgehead atoms. The summed E-state index contributed by atoms with van der Waals surface area (Å²) in [5.41, 5.74) is 1.01.